The number of halogens is 3. The molecule has 1 rings (SSSR count). The molecule has 84 valence electrons. The number of anilines is 1. The van der Waals surface area contributed by atoms with Crippen LogP contribution in [-0.4, -0.2) is 20.1 Å². The summed E-state index contributed by atoms with van der Waals surface area (Å²) < 4.78 is 37.7. The second kappa shape index (κ2) is 5.01. The Hall–Kier alpha value is -0.520. The molecule has 0 fully saturated rings. The second-order valence-electron chi connectivity index (χ2n) is 2.73. The highest BCUT2D eigenvalue weighted by Gasteiger charge is 2.12. The van der Waals surface area contributed by atoms with Gasteiger partial charge in [-0.15, -0.1) is 11.6 Å². The van der Waals surface area contributed by atoms with Crippen molar-refractivity contribution >= 4 is 38.9 Å². The van der Waals surface area contributed by atoms with E-state index < -0.39 is 15.8 Å². The smallest absolute Gasteiger partial charge is 0.233 e. The fourth-order valence-corrected chi connectivity index (χ4v) is 2.47. The Kier molecular flexibility index (Phi) is 4.19. The number of rotatable bonds is 4. The molecule has 0 spiro atoms. The number of sulfonamides is 1. The van der Waals surface area contributed by atoms with Crippen LogP contribution < -0.4 is 4.72 Å². The van der Waals surface area contributed by atoms with Gasteiger partial charge in [0.2, 0.25) is 10.0 Å². The maximum absolute atomic E-state index is 13.1. The van der Waals surface area contributed by atoms with Gasteiger partial charge < -0.3 is 0 Å². The van der Waals surface area contributed by atoms with Crippen LogP contribution in [0.2, 0.25) is 5.02 Å². The molecule has 7 heteroatoms. The van der Waals surface area contributed by atoms with Gasteiger partial charge in [0.1, 0.15) is 5.82 Å². The van der Waals surface area contributed by atoms with Gasteiger partial charge in [-0.2, -0.15) is 0 Å². The molecule has 0 aliphatic carbocycles. The molecule has 15 heavy (non-hydrogen) atoms. The molecule has 0 unspecified atom stereocenters. The molecule has 0 saturated carbocycles. The van der Waals surface area contributed by atoms with Gasteiger partial charge >= 0.3 is 0 Å². The molecule has 0 bridgehead atoms. The van der Waals surface area contributed by atoms with Gasteiger partial charge in [0.05, 0.1) is 11.4 Å². The predicted octanol–water partition coefficient (Wildman–Crippen LogP) is 2.46. The Morgan fingerprint density at radius 2 is 2.07 bits per heavy atom. The number of benzene rings is 1. The molecular formula is C8H8Cl2FNO2S. The van der Waals surface area contributed by atoms with Crippen molar-refractivity contribution in [1.29, 1.82) is 0 Å². The largest absolute Gasteiger partial charge is 0.280 e. The molecule has 0 atom stereocenters. The third-order valence-electron chi connectivity index (χ3n) is 1.54. The first-order valence-corrected chi connectivity index (χ1v) is 6.52. The van der Waals surface area contributed by atoms with Crippen molar-refractivity contribution in [3.63, 3.8) is 0 Å². The average Bonchev–Trinajstić information content (AvgIpc) is 2.10. The average molecular weight is 272 g/mol. The maximum Gasteiger partial charge on any atom is 0.233 e. The van der Waals surface area contributed by atoms with Crippen molar-refractivity contribution in [1.82, 2.24) is 0 Å². The summed E-state index contributed by atoms with van der Waals surface area (Å²) in [6, 6.07) is 3.61. The molecule has 0 aliphatic rings. The lowest BCUT2D eigenvalue weighted by atomic mass is 10.3. The fourth-order valence-electron chi connectivity index (χ4n) is 0.896. The predicted molar refractivity (Wildman–Crippen MR) is 59.5 cm³/mol. The van der Waals surface area contributed by atoms with E-state index in [0.717, 1.165) is 6.07 Å². The van der Waals surface area contributed by atoms with Gasteiger partial charge in [0.15, 0.2) is 0 Å². The summed E-state index contributed by atoms with van der Waals surface area (Å²) in [4.78, 5) is 0. The number of alkyl halides is 1. The molecule has 0 aliphatic heterocycles. The van der Waals surface area contributed by atoms with Gasteiger partial charge in [0, 0.05) is 10.9 Å². The van der Waals surface area contributed by atoms with E-state index in [1.165, 1.54) is 12.1 Å². The standard InChI is InChI=1S/C8H8Cl2FNO2S/c9-3-4-15(13,14)12-8-5-6(10)1-2-7(8)11/h1-2,5,12H,3-4H2. The molecule has 0 amide bonds. The highest BCUT2D eigenvalue weighted by molar-refractivity contribution is 7.92. The van der Waals surface area contributed by atoms with E-state index in [-0.39, 0.29) is 22.3 Å². The number of hydrogen-bond donors (Lipinski definition) is 1. The minimum atomic E-state index is -3.60. The number of hydrogen-bond acceptors (Lipinski definition) is 2. The van der Waals surface area contributed by atoms with E-state index in [9.17, 15) is 12.8 Å². The van der Waals surface area contributed by atoms with Crippen molar-refractivity contribution < 1.29 is 12.8 Å². The van der Waals surface area contributed by atoms with Crippen molar-refractivity contribution in [3.05, 3.63) is 29.0 Å². The monoisotopic (exact) mass is 271 g/mol. The van der Waals surface area contributed by atoms with Crippen LogP contribution in [0.25, 0.3) is 0 Å². The van der Waals surface area contributed by atoms with Crippen molar-refractivity contribution in [3.8, 4) is 0 Å². The normalized spacial score (nSPS) is 11.4. The van der Waals surface area contributed by atoms with Crippen LogP contribution in [0.15, 0.2) is 18.2 Å². The summed E-state index contributed by atoms with van der Waals surface area (Å²) in [6.07, 6.45) is 0. The van der Waals surface area contributed by atoms with Crippen LogP contribution in [0, 0.1) is 5.82 Å². The Bertz CT molecular complexity index is 450. The minimum absolute atomic E-state index is 0.0580. The molecule has 1 aromatic rings. The first-order valence-electron chi connectivity index (χ1n) is 3.96. The fraction of sp³-hybridized carbons (Fsp3) is 0.250. The lowest BCUT2D eigenvalue weighted by molar-refractivity contribution is 0.600. The van der Waals surface area contributed by atoms with Gasteiger partial charge in [-0.05, 0) is 18.2 Å². The molecular weight excluding hydrogens is 264 g/mol. The Labute approximate surface area is 97.2 Å². The summed E-state index contributed by atoms with van der Waals surface area (Å²) in [7, 11) is -3.60. The quantitative estimate of drug-likeness (QED) is 0.856. The molecule has 0 heterocycles. The molecule has 1 N–H and O–H groups in total. The van der Waals surface area contributed by atoms with E-state index in [0.29, 0.717) is 0 Å². The van der Waals surface area contributed by atoms with Crippen LogP contribution in [0.3, 0.4) is 0 Å². The lowest BCUT2D eigenvalue weighted by Gasteiger charge is -2.07. The molecule has 0 saturated heterocycles. The van der Waals surface area contributed by atoms with Crippen molar-refractivity contribution in [2.45, 2.75) is 0 Å². The highest BCUT2D eigenvalue weighted by atomic mass is 35.5. The maximum atomic E-state index is 13.1. The van der Waals surface area contributed by atoms with E-state index >= 15 is 0 Å². The Morgan fingerprint density at radius 1 is 1.40 bits per heavy atom. The van der Waals surface area contributed by atoms with Crippen LogP contribution in [0.5, 0.6) is 0 Å². The highest BCUT2D eigenvalue weighted by Crippen LogP contribution is 2.20. The Morgan fingerprint density at radius 3 is 2.67 bits per heavy atom. The molecule has 1 aromatic carbocycles. The van der Waals surface area contributed by atoms with Gasteiger partial charge in [-0.25, -0.2) is 12.8 Å². The SMILES string of the molecule is O=S(=O)(CCCl)Nc1cc(Cl)ccc1F. The minimum Gasteiger partial charge on any atom is -0.280 e. The molecule has 0 aromatic heterocycles. The first kappa shape index (κ1) is 12.5. The van der Waals surface area contributed by atoms with Gasteiger partial charge in [-0.3, -0.25) is 4.72 Å². The van der Waals surface area contributed by atoms with E-state index in [1.807, 2.05) is 0 Å². The summed E-state index contributed by atoms with van der Waals surface area (Å²) in [5, 5.41) is 0.250. The van der Waals surface area contributed by atoms with Crippen LogP contribution in [0.1, 0.15) is 0 Å². The molecule has 0 radical (unpaired) electrons. The van der Waals surface area contributed by atoms with Gasteiger partial charge in [-0.1, -0.05) is 11.6 Å². The van der Waals surface area contributed by atoms with Crippen LogP contribution >= 0.6 is 23.2 Å². The zero-order chi connectivity index (χ0) is 11.5. The first-order chi connectivity index (χ1) is 6.94. The summed E-state index contributed by atoms with van der Waals surface area (Å²) >= 11 is 10.9. The summed E-state index contributed by atoms with van der Waals surface area (Å²) in [5.74, 6) is -1.02. The van der Waals surface area contributed by atoms with E-state index in [2.05, 4.69) is 4.72 Å². The van der Waals surface area contributed by atoms with Crippen LogP contribution in [-0.2, 0) is 10.0 Å². The molecule has 3 nitrogen and oxygen atoms in total. The van der Waals surface area contributed by atoms with Gasteiger partial charge in [0.25, 0.3) is 0 Å². The second-order valence-corrected chi connectivity index (χ2v) is 5.39. The van der Waals surface area contributed by atoms with Crippen molar-refractivity contribution in [2.24, 2.45) is 0 Å². The third kappa shape index (κ3) is 3.85. The number of nitrogens with one attached hydrogen (secondary N) is 1. The van der Waals surface area contributed by atoms with Crippen LogP contribution in [0.4, 0.5) is 10.1 Å². The van der Waals surface area contributed by atoms with Crippen molar-refractivity contribution in [2.75, 3.05) is 16.4 Å². The summed E-state index contributed by atoms with van der Waals surface area (Å²) in [6.45, 7) is 0. The third-order valence-corrected chi connectivity index (χ3v) is 3.46. The zero-order valence-corrected chi connectivity index (χ0v) is 9.83. The topological polar surface area (TPSA) is 46.2 Å². The Balaban J connectivity index is 2.94. The summed E-state index contributed by atoms with van der Waals surface area (Å²) in [5.41, 5.74) is -0.174. The lowest BCUT2D eigenvalue weighted by Crippen LogP contribution is -2.18. The zero-order valence-electron chi connectivity index (χ0n) is 7.50. The van der Waals surface area contributed by atoms with E-state index in [4.69, 9.17) is 23.2 Å². The van der Waals surface area contributed by atoms with E-state index in [1.54, 1.807) is 0 Å².